The van der Waals surface area contributed by atoms with Crippen LogP contribution >= 0.6 is 0 Å². The molecule has 76 valence electrons. The van der Waals surface area contributed by atoms with Crippen LogP contribution < -0.4 is 15.6 Å². The Morgan fingerprint density at radius 1 is 1.71 bits per heavy atom. The van der Waals surface area contributed by atoms with Gasteiger partial charge in [-0.3, -0.25) is 14.6 Å². The van der Waals surface area contributed by atoms with E-state index >= 15 is 0 Å². The van der Waals surface area contributed by atoms with Crippen molar-refractivity contribution in [2.45, 2.75) is 13.8 Å². The molecule has 0 aliphatic carbocycles. The normalized spacial score (nSPS) is 9.57. The maximum absolute atomic E-state index is 11.0. The molecule has 0 aromatic carbocycles. The van der Waals surface area contributed by atoms with Crippen LogP contribution in [0.25, 0.3) is 0 Å². The Balaban J connectivity index is 2.94. The molecule has 6 heteroatoms. The average molecular weight is 197 g/mol. The van der Waals surface area contributed by atoms with Gasteiger partial charge in [0, 0.05) is 13.0 Å². The second-order valence-electron chi connectivity index (χ2n) is 2.55. The summed E-state index contributed by atoms with van der Waals surface area (Å²) < 4.78 is 4.99. The number of aromatic nitrogens is 2. The van der Waals surface area contributed by atoms with Gasteiger partial charge in [-0.25, -0.2) is 0 Å². The first-order valence-electron chi connectivity index (χ1n) is 4.13. The molecule has 0 saturated carbocycles. The SMILES string of the molecule is CCOc1nc(NC(C)=O)cc(=O)[nH]1. The Kier molecular flexibility index (Phi) is 3.22. The summed E-state index contributed by atoms with van der Waals surface area (Å²) in [5.41, 5.74) is -0.368. The number of amides is 1. The fourth-order valence-electron chi connectivity index (χ4n) is 0.885. The molecule has 1 rings (SSSR count). The third kappa shape index (κ3) is 2.89. The smallest absolute Gasteiger partial charge is 0.298 e. The summed E-state index contributed by atoms with van der Waals surface area (Å²) in [6.07, 6.45) is 0. The third-order valence-electron chi connectivity index (χ3n) is 1.31. The maximum atomic E-state index is 11.0. The Labute approximate surface area is 80.3 Å². The van der Waals surface area contributed by atoms with Gasteiger partial charge in [0.25, 0.3) is 11.6 Å². The minimum Gasteiger partial charge on any atom is -0.465 e. The molecule has 6 nitrogen and oxygen atoms in total. The van der Waals surface area contributed by atoms with Crippen molar-refractivity contribution < 1.29 is 9.53 Å². The van der Waals surface area contributed by atoms with Gasteiger partial charge >= 0.3 is 0 Å². The molecule has 0 fully saturated rings. The van der Waals surface area contributed by atoms with Crippen LogP contribution in [0, 0.1) is 0 Å². The van der Waals surface area contributed by atoms with Crippen LogP contribution in [0.4, 0.5) is 5.82 Å². The zero-order valence-electron chi connectivity index (χ0n) is 7.96. The number of H-pyrrole nitrogens is 1. The predicted octanol–water partition coefficient (Wildman–Crippen LogP) is 0.127. The summed E-state index contributed by atoms with van der Waals surface area (Å²) in [5, 5.41) is 2.39. The van der Waals surface area contributed by atoms with E-state index in [9.17, 15) is 9.59 Å². The minimum absolute atomic E-state index is 0.101. The van der Waals surface area contributed by atoms with Crippen LogP contribution in [0.2, 0.25) is 0 Å². The summed E-state index contributed by atoms with van der Waals surface area (Å²) in [4.78, 5) is 28.0. The first kappa shape index (κ1) is 10.2. The molecule has 0 bridgehead atoms. The number of nitrogens with one attached hydrogen (secondary N) is 2. The standard InChI is InChI=1S/C8H11N3O3/c1-3-14-8-10-6(9-5(2)12)4-7(13)11-8/h4H,3H2,1-2H3,(H2,9,10,11,12,13). The largest absolute Gasteiger partial charge is 0.465 e. The van der Waals surface area contributed by atoms with Crippen molar-refractivity contribution in [3.8, 4) is 6.01 Å². The van der Waals surface area contributed by atoms with E-state index in [-0.39, 0.29) is 23.3 Å². The Morgan fingerprint density at radius 2 is 2.43 bits per heavy atom. The highest BCUT2D eigenvalue weighted by atomic mass is 16.5. The number of aromatic amines is 1. The monoisotopic (exact) mass is 197 g/mol. The summed E-state index contributed by atoms with van der Waals surface area (Å²) in [6.45, 7) is 3.50. The molecule has 0 spiro atoms. The molecular weight excluding hydrogens is 186 g/mol. The lowest BCUT2D eigenvalue weighted by Crippen LogP contribution is -2.15. The van der Waals surface area contributed by atoms with Gasteiger partial charge in [-0.1, -0.05) is 0 Å². The summed E-state index contributed by atoms with van der Waals surface area (Å²) in [5.74, 6) is -0.102. The summed E-state index contributed by atoms with van der Waals surface area (Å²) in [7, 11) is 0. The van der Waals surface area contributed by atoms with Crippen molar-refractivity contribution in [2.24, 2.45) is 0 Å². The third-order valence-corrected chi connectivity index (χ3v) is 1.31. The highest BCUT2D eigenvalue weighted by Gasteiger charge is 2.02. The van der Waals surface area contributed by atoms with E-state index in [1.54, 1.807) is 6.92 Å². The van der Waals surface area contributed by atoms with Crippen LogP contribution in [0.1, 0.15) is 13.8 Å². The van der Waals surface area contributed by atoms with Crippen LogP contribution in [0.5, 0.6) is 6.01 Å². The molecule has 1 heterocycles. The van der Waals surface area contributed by atoms with E-state index in [0.717, 1.165) is 0 Å². The van der Waals surface area contributed by atoms with E-state index in [1.807, 2.05) is 0 Å². The van der Waals surface area contributed by atoms with Crippen LogP contribution in [-0.4, -0.2) is 22.5 Å². The maximum Gasteiger partial charge on any atom is 0.298 e. The number of carbonyl (C=O) groups is 1. The number of anilines is 1. The highest BCUT2D eigenvalue weighted by molar-refractivity contribution is 5.87. The van der Waals surface area contributed by atoms with Gasteiger partial charge in [0.05, 0.1) is 6.61 Å². The molecule has 2 N–H and O–H groups in total. The fraction of sp³-hybridized carbons (Fsp3) is 0.375. The molecule has 0 unspecified atom stereocenters. The van der Waals surface area contributed by atoms with Crippen molar-refractivity contribution in [2.75, 3.05) is 11.9 Å². The summed E-state index contributed by atoms with van der Waals surface area (Å²) >= 11 is 0. The van der Waals surface area contributed by atoms with Crippen LogP contribution in [0.15, 0.2) is 10.9 Å². The molecule has 1 aromatic heterocycles. The quantitative estimate of drug-likeness (QED) is 0.721. The van der Waals surface area contributed by atoms with Gasteiger partial charge in [0.15, 0.2) is 0 Å². The van der Waals surface area contributed by atoms with Gasteiger partial charge in [-0.15, -0.1) is 0 Å². The molecule has 1 amide bonds. The van der Waals surface area contributed by atoms with Gasteiger partial charge < -0.3 is 10.1 Å². The fourth-order valence-corrected chi connectivity index (χ4v) is 0.885. The van der Waals surface area contributed by atoms with Crippen molar-refractivity contribution in [3.05, 3.63) is 16.4 Å². The predicted molar refractivity (Wildman–Crippen MR) is 50.3 cm³/mol. The van der Waals surface area contributed by atoms with Crippen LogP contribution in [0.3, 0.4) is 0 Å². The second kappa shape index (κ2) is 4.40. The average Bonchev–Trinajstić information content (AvgIpc) is 2.01. The topological polar surface area (TPSA) is 84.1 Å². The highest BCUT2D eigenvalue weighted by Crippen LogP contribution is 2.03. The van der Waals surface area contributed by atoms with E-state index in [4.69, 9.17) is 4.74 Å². The number of ether oxygens (including phenoxy) is 1. The molecule has 14 heavy (non-hydrogen) atoms. The number of carbonyl (C=O) groups excluding carboxylic acids is 1. The van der Waals surface area contributed by atoms with E-state index in [0.29, 0.717) is 6.61 Å². The van der Waals surface area contributed by atoms with Gasteiger partial charge in [0.2, 0.25) is 5.91 Å². The first-order chi connectivity index (χ1) is 6.61. The first-order valence-corrected chi connectivity index (χ1v) is 4.13. The molecule has 0 atom stereocenters. The minimum atomic E-state index is -0.368. The van der Waals surface area contributed by atoms with Crippen LogP contribution in [-0.2, 0) is 4.79 Å². The Morgan fingerprint density at radius 3 is 3.00 bits per heavy atom. The lowest BCUT2D eigenvalue weighted by atomic mass is 10.5. The number of hydrogen-bond acceptors (Lipinski definition) is 4. The molecule has 0 saturated heterocycles. The van der Waals surface area contributed by atoms with Crippen molar-refractivity contribution in [3.63, 3.8) is 0 Å². The zero-order valence-corrected chi connectivity index (χ0v) is 7.96. The Hall–Kier alpha value is -1.85. The van der Waals surface area contributed by atoms with Crippen molar-refractivity contribution in [1.82, 2.24) is 9.97 Å². The van der Waals surface area contributed by atoms with Crippen molar-refractivity contribution >= 4 is 11.7 Å². The molecule has 1 aromatic rings. The van der Waals surface area contributed by atoms with E-state index in [2.05, 4.69) is 15.3 Å². The molecular formula is C8H11N3O3. The number of nitrogens with zero attached hydrogens (tertiary/aromatic N) is 1. The van der Waals surface area contributed by atoms with E-state index in [1.165, 1.54) is 13.0 Å². The lowest BCUT2D eigenvalue weighted by Gasteiger charge is -2.03. The lowest BCUT2D eigenvalue weighted by molar-refractivity contribution is -0.114. The molecule has 0 aliphatic heterocycles. The number of rotatable bonds is 3. The van der Waals surface area contributed by atoms with E-state index < -0.39 is 0 Å². The van der Waals surface area contributed by atoms with Gasteiger partial charge in [-0.2, -0.15) is 4.98 Å². The zero-order chi connectivity index (χ0) is 10.6. The van der Waals surface area contributed by atoms with Gasteiger partial charge in [-0.05, 0) is 6.92 Å². The Bertz CT molecular complexity index is 386. The molecule has 0 radical (unpaired) electrons. The van der Waals surface area contributed by atoms with Gasteiger partial charge in [0.1, 0.15) is 5.82 Å². The number of hydrogen-bond donors (Lipinski definition) is 2. The molecule has 0 aliphatic rings. The second-order valence-corrected chi connectivity index (χ2v) is 2.55. The summed E-state index contributed by atoms with van der Waals surface area (Å²) in [6, 6.07) is 1.29. The van der Waals surface area contributed by atoms with Crippen molar-refractivity contribution in [1.29, 1.82) is 0 Å².